The molecule has 2 atom stereocenters. The molecule has 0 saturated carbocycles. The highest BCUT2D eigenvalue weighted by atomic mass is 16.5. The summed E-state index contributed by atoms with van der Waals surface area (Å²) in [5.41, 5.74) is 0. The smallest absolute Gasteiger partial charge is 0.310 e. The van der Waals surface area contributed by atoms with Crippen molar-refractivity contribution in [2.45, 2.75) is 58.9 Å². The standard InChI is InChI=1S/C19H36N4O2/c1-4-20-19(21-14-17-11-7-8-12-22(17)5-2)23-13-9-10-16(15-23)18(24)25-6-3/h16-17H,4-15H2,1-3H3,(H,20,21). The topological polar surface area (TPSA) is 57.2 Å². The maximum absolute atomic E-state index is 12.1. The van der Waals surface area contributed by atoms with Crippen LogP contribution in [0.1, 0.15) is 52.9 Å². The van der Waals surface area contributed by atoms with Crippen molar-refractivity contribution in [1.29, 1.82) is 0 Å². The van der Waals surface area contributed by atoms with Crippen LogP contribution in [0.4, 0.5) is 0 Å². The largest absolute Gasteiger partial charge is 0.466 e. The number of hydrogen-bond donors (Lipinski definition) is 1. The number of aliphatic imine (C=N–C) groups is 1. The SMILES string of the molecule is CCNC(=NCC1CCCCN1CC)N1CCCC(C(=O)OCC)C1. The maximum Gasteiger partial charge on any atom is 0.310 e. The molecule has 25 heavy (non-hydrogen) atoms. The van der Waals surface area contributed by atoms with Gasteiger partial charge in [-0.05, 0) is 52.6 Å². The van der Waals surface area contributed by atoms with E-state index in [4.69, 9.17) is 9.73 Å². The van der Waals surface area contributed by atoms with Crippen LogP contribution >= 0.6 is 0 Å². The molecule has 6 nitrogen and oxygen atoms in total. The number of piperidine rings is 2. The Bertz CT molecular complexity index is 441. The number of carbonyl (C=O) groups excluding carboxylic acids is 1. The molecule has 2 aliphatic rings. The van der Waals surface area contributed by atoms with Crippen LogP contribution in [0.15, 0.2) is 4.99 Å². The Morgan fingerprint density at radius 2 is 2.00 bits per heavy atom. The highest BCUT2D eigenvalue weighted by molar-refractivity contribution is 5.81. The minimum atomic E-state index is -0.0625. The van der Waals surface area contributed by atoms with Crippen LogP contribution in [0.3, 0.4) is 0 Å². The van der Waals surface area contributed by atoms with Crippen LogP contribution in [0.2, 0.25) is 0 Å². The Balaban J connectivity index is 1.99. The Hall–Kier alpha value is -1.30. The summed E-state index contributed by atoms with van der Waals surface area (Å²) in [5.74, 6) is 0.866. The zero-order valence-electron chi connectivity index (χ0n) is 16.3. The Kier molecular flexibility index (Phi) is 8.52. The van der Waals surface area contributed by atoms with Gasteiger partial charge in [0.1, 0.15) is 0 Å². The Morgan fingerprint density at radius 1 is 1.16 bits per heavy atom. The first-order valence-electron chi connectivity index (χ1n) is 10.1. The highest BCUT2D eigenvalue weighted by Crippen LogP contribution is 2.19. The van der Waals surface area contributed by atoms with Crippen molar-refractivity contribution in [3.8, 4) is 0 Å². The quantitative estimate of drug-likeness (QED) is 0.451. The first-order chi connectivity index (χ1) is 12.2. The summed E-state index contributed by atoms with van der Waals surface area (Å²) in [4.78, 5) is 21.8. The fraction of sp³-hybridized carbons (Fsp3) is 0.895. The van der Waals surface area contributed by atoms with Gasteiger partial charge in [-0.2, -0.15) is 0 Å². The summed E-state index contributed by atoms with van der Waals surface area (Å²) in [6.07, 6.45) is 5.78. The summed E-state index contributed by atoms with van der Waals surface area (Å²) < 4.78 is 5.22. The zero-order valence-corrected chi connectivity index (χ0v) is 16.3. The van der Waals surface area contributed by atoms with E-state index in [9.17, 15) is 4.79 Å². The van der Waals surface area contributed by atoms with Crippen LogP contribution in [0, 0.1) is 5.92 Å². The van der Waals surface area contributed by atoms with Crippen molar-refractivity contribution in [2.75, 3.05) is 45.9 Å². The Morgan fingerprint density at radius 3 is 2.72 bits per heavy atom. The lowest BCUT2D eigenvalue weighted by Crippen LogP contribution is -2.49. The van der Waals surface area contributed by atoms with Gasteiger partial charge in [0, 0.05) is 25.7 Å². The summed E-state index contributed by atoms with van der Waals surface area (Å²) in [6.45, 7) is 12.3. The lowest BCUT2D eigenvalue weighted by Gasteiger charge is -2.36. The number of nitrogens with one attached hydrogen (secondary N) is 1. The summed E-state index contributed by atoms with van der Waals surface area (Å²) >= 11 is 0. The predicted molar refractivity (Wildman–Crippen MR) is 102 cm³/mol. The number of carbonyl (C=O) groups is 1. The fourth-order valence-electron chi connectivity index (χ4n) is 3.92. The molecule has 2 unspecified atom stereocenters. The van der Waals surface area contributed by atoms with Gasteiger partial charge in [-0.15, -0.1) is 0 Å². The van der Waals surface area contributed by atoms with Crippen LogP contribution in [0.25, 0.3) is 0 Å². The molecule has 0 aliphatic carbocycles. The molecule has 2 saturated heterocycles. The number of ether oxygens (including phenoxy) is 1. The van der Waals surface area contributed by atoms with Gasteiger partial charge in [0.25, 0.3) is 0 Å². The third kappa shape index (κ3) is 5.87. The zero-order chi connectivity index (χ0) is 18.1. The number of rotatable bonds is 6. The monoisotopic (exact) mass is 352 g/mol. The molecule has 0 aromatic heterocycles. The lowest BCUT2D eigenvalue weighted by atomic mass is 9.98. The maximum atomic E-state index is 12.1. The van der Waals surface area contributed by atoms with Crippen LogP contribution in [0.5, 0.6) is 0 Å². The van der Waals surface area contributed by atoms with Crippen molar-refractivity contribution in [3.05, 3.63) is 0 Å². The molecular formula is C19H36N4O2. The molecule has 0 bridgehead atoms. The van der Waals surface area contributed by atoms with E-state index >= 15 is 0 Å². The second kappa shape index (κ2) is 10.6. The van der Waals surface area contributed by atoms with Gasteiger partial charge < -0.3 is 15.0 Å². The summed E-state index contributed by atoms with van der Waals surface area (Å²) in [7, 11) is 0. The molecule has 6 heteroatoms. The molecule has 2 rings (SSSR count). The van der Waals surface area contributed by atoms with Crippen molar-refractivity contribution in [1.82, 2.24) is 15.1 Å². The number of likely N-dealkylation sites (N-methyl/N-ethyl adjacent to an activating group) is 1. The van der Waals surface area contributed by atoms with Crippen LogP contribution in [-0.2, 0) is 9.53 Å². The molecule has 2 aliphatic heterocycles. The van der Waals surface area contributed by atoms with E-state index in [-0.39, 0.29) is 11.9 Å². The third-order valence-corrected chi connectivity index (χ3v) is 5.28. The second-order valence-corrected chi connectivity index (χ2v) is 7.01. The van der Waals surface area contributed by atoms with Crippen molar-refractivity contribution < 1.29 is 9.53 Å². The molecule has 144 valence electrons. The first-order valence-corrected chi connectivity index (χ1v) is 10.1. The molecule has 2 fully saturated rings. The van der Waals surface area contributed by atoms with E-state index in [1.165, 1.54) is 25.8 Å². The van der Waals surface area contributed by atoms with Crippen molar-refractivity contribution in [2.24, 2.45) is 10.9 Å². The normalized spacial score (nSPS) is 25.7. The highest BCUT2D eigenvalue weighted by Gasteiger charge is 2.29. The van der Waals surface area contributed by atoms with E-state index in [1.54, 1.807) is 0 Å². The number of likely N-dealkylation sites (tertiary alicyclic amines) is 2. The van der Waals surface area contributed by atoms with Gasteiger partial charge in [-0.3, -0.25) is 14.7 Å². The van der Waals surface area contributed by atoms with E-state index in [0.717, 1.165) is 45.0 Å². The minimum absolute atomic E-state index is 0.0284. The Labute approximate surface area is 153 Å². The molecular weight excluding hydrogens is 316 g/mol. The number of esters is 1. The van der Waals surface area contributed by atoms with Crippen molar-refractivity contribution >= 4 is 11.9 Å². The van der Waals surface area contributed by atoms with E-state index < -0.39 is 0 Å². The van der Waals surface area contributed by atoms with E-state index in [2.05, 4.69) is 29.0 Å². The van der Waals surface area contributed by atoms with Crippen molar-refractivity contribution in [3.63, 3.8) is 0 Å². The average molecular weight is 353 g/mol. The van der Waals surface area contributed by atoms with Gasteiger partial charge in [0.2, 0.25) is 0 Å². The number of nitrogens with zero attached hydrogens (tertiary/aromatic N) is 3. The lowest BCUT2D eigenvalue weighted by molar-refractivity contribution is -0.149. The molecule has 0 aromatic rings. The average Bonchev–Trinajstić information content (AvgIpc) is 2.65. The fourth-order valence-corrected chi connectivity index (χ4v) is 3.92. The number of hydrogen-bond acceptors (Lipinski definition) is 4. The molecule has 0 aromatic carbocycles. The molecule has 0 spiro atoms. The van der Waals surface area contributed by atoms with Gasteiger partial charge in [0.15, 0.2) is 5.96 Å². The minimum Gasteiger partial charge on any atom is -0.466 e. The number of guanidine groups is 1. The summed E-state index contributed by atoms with van der Waals surface area (Å²) in [5, 5.41) is 3.42. The molecule has 1 N–H and O–H groups in total. The summed E-state index contributed by atoms with van der Waals surface area (Å²) in [6, 6.07) is 0.554. The first kappa shape index (κ1) is 20.0. The third-order valence-electron chi connectivity index (χ3n) is 5.28. The van der Waals surface area contributed by atoms with E-state index in [1.807, 2.05) is 6.92 Å². The van der Waals surface area contributed by atoms with Crippen LogP contribution in [-0.4, -0.2) is 73.6 Å². The second-order valence-electron chi connectivity index (χ2n) is 7.01. The van der Waals surface area contributed by atoms with Gasteiger partial charge in [0.05, 0.1) is 19.1 Å². The molecule has 2 heterocycles. The molecule has 0 radical (unpaired) electrons. The van der Waals surface area contributed by atoms with Gasteiger partial charge in [-0.25, -0.2) is 0 Å². The van der Waals surface area contributed by atoms with Crippen LogP contribution < -0.4 is 5.32 Å². The van der Waals surface area contributed by atoms with E-state index in [0.29, 0.717) is 19.2 Å². The predicted octanol–water partition coefficient (Wildman–Crippen LogP) is 2.10. The molecule has 0 amide bonds. The van der Waals surface area contributed by atoms with Gasteiger partial charge >= 0.3 is 5.97 Å². The van der Waals surface area contributed by atoms with Gasteiger partial charge in [-0.1, -0.05) is 13.3 Å².